The molecule has 0 fully saturated rings. The van der Waals surface area contributed by atoms with Gasteiger partial charge in [0, 0.05) is 11.9 Å². The number of aliphatic carboxylic acids is 1. The fourth-order valence-electron chi connectivity index (χ4n) is 1.09. The molecule has 0 aliphatic carbocycles. The zero-order chi connectivity index (χ0) is 10.6. The van der Waals surface area contributed by atoms with Crippen molar-refractivity contribution in [1.82, 2.24) is 4.98 Å². The van der Waals surface area contributed by atoms with Gasteiger partial charge in [0.25, 0.3) is 0 Å². The molecule has 1 heterocycles. The molecule has 1 atom stereocenters. The number of nitrogens with zero attached hydrogens (tertiary/aromatic N) is 1. The number of hydrogen-bond donors (Lipinski definition) is 2. The molecule has 0 radical (unpaired) electrons. The van der Waals surface area contributed by atoms with E-state index in [4.69, 9.17) is 10.8 Å². The van der Waals surface area contributed by atoms with E-state index in [1.54, 1.807) is 6.20 Å². The van der Waals surface area contributed by atoms with Gasteiger partial charge in [0.2, 0.25) is 0 Å². The van der Waals surface area contributed by atoms with Gasteiger partial charge in [-0.2, -0.15) is 0 Å². The van der Waals surface area contributed by atoms with Gasteiger partial charge in [0.15, 0.2) is 0 Å². The topological polar surface area (TPSA) is 76.2 Å². The van der Waals surface area contributed by atoms with Crippen LogP contribution in [0.15, 0.2) is 18.3 Å². The number of carboxylic acid groups (broad SMARTS) is 1. The van der Waals surface area contributed by atoms with Crippen LogP contribution in [-0.4, -0.2) is 22.1 Å². The van der Waals surface area contributed by atoms with Gasteiger partial charge in [-0.1, -0.05) is 6.07 Å². The van der Waals surface area contributed by atoms with Crippen molar-refractivity contribution in [1.29, 1.82) is 0 Å². The van der Waals surface area contributed by atoms with Crippen LogP contribution in [-0.2, 0) is 11.2 Å². The maximum atomic E-state index is 10.4. The molecule has 1 aromatic rings. The molecule has 4 heteroatoms. The lowest BCUT2D eigenvalue weighted by molar-refractivity contribution is -0.138. The number of aromatic nitrogens is 1. The molecule has 76 valence electrons. The van der Waals surface area contributed by atoms with Crippen molar-refractivity contribution in [3.8, 4) is 0 Å². The van der Waals surface area contributed by atoms with E-state index in [0.717, 1.165) is 11.3 Å². The van der Waals surface area contributed by atoms with Crippen molar-refractivity contribution in [2.45, 2.75) is 25.8 Å². The zero-order valence-corrected chi connectivity index (χ0v) is 8.10. The Bertz CT molecular complexity index is 308. The number of nitrogens with two attached hydrogens (primary N) is 1. The first kappa shape index (κ1) is 10.7. The fourth-order valence-corrected chi connectivity index (χ4v) is 1.09. The second-order valence-corrected chi connectivity index (χ2v) is 3.29. The van der Waals surface area contributed by atoms with Crippen LogP contribution < -0.4 is 5.73 Å². The van der Waals surface area contributed by atoms with Gasteiger partial charge in [-0.15, -0.1) is 0 Å². The summed E-state index contributed by atoms with van der Waals surface area (Å²) in [6, 6.07) is 3.06. The Morgan fingerprint density at radius 2 is 2.36 bits per heavy atom. The Hall–Kier alpha value is -1.42. The first-order chi connectivity index (χ1) is 6.59. The molecular formula is C10H14N2O2. The minimum Gasteiger partial charge on any atom is -0.480 e. The molecule has 0 amide bonds. The highest BCUT2D eigenvalue weighted by Crippen LogP contribution is 2.04. The Balaban J connectivity index is 2.46. The lowest BCUT2D eigenvalue weighted by Gasteiger charge is -2.05. The number of rotatable bonds is 4. The van der Waals surface area contributed by atoms with Crippen molar-refractivity contribution in [3.05, 3.63) is 29.6 Å². The third-order valence-corrected chi connectivity index (χ3v) is 2.03. The summed E-state index contributed by atoms with van der Waals surface area (Å²) in [6.45, 7) is 1.91. The molecule has 3 N–H and O–H groups in total. The van der Waals surface area contributed by atoms with Crippen molar-refractivity contribution >= 4 is 5.97 Å². The van der Waals surface area contributed by atoms with Crippen LogP contribution in [0.5, 0.6) is 0 Å². The molecule has 0 saturated heterocycles. The quantitative estimate of drug-likeness (QED) is 0.741. The summed E-state index contributed by atoms with van der Waals surface area (Å²) in [7, 11) is 0. The summed E-state index contributed by atoms with van der Waals surface area (Å²) in [5, 5.41) is 8.56. The van der Waals surface area contributed by atoms with Gasteiger partial charge in [-0.3, -0.25) is 9.78 Å². The van der Waals surface area contributed by atoms with Crippen LogP contribution in [0.3, 0.4) is 0 Å². The molecule has 0 aliphatic heterocycles. The number of hydrogen-bond acceptors (Lipinski definition) is 3. The normalized spacial score (nSPS) is 12.4. The number of pyridine rings is 1. The molecule has 1 unspecified atom stereocenters. The SMILES string of the molecule is Cc1ccc(CCC(N)C(=O)O)cn1. The van der Waals surface area contributed by atoms with E-state index in [1.807, 2.05) is 19.1 Å². The van der Waals surface area contributed by atoms with Crippen LogP contribution in [0, 0.1) is 6.92 Å². The van der Waals surface area contributed by atoms with Crippen LogP contribution in [0.2, 0.25) is 0 Å². The standard InChI is InChI=1S/C10H14N2O2/c1-7-2-3-8(6-12-7)4-5-9(11)10(13)14/h2-3,6,9H,4-5,11H2,1H3,(H,13,14). The summed E-state index contributed by atoms with van der Waals surface area (Å²) >= 11 is 0. The molecule has 1 aromatic heterocycles. The monoisotopic (exact) mass is 194 g/mol. The highest BCUT2D eigenvalue weighted by atomic mass is 16.4. The lowest BCUT2D eigenvalue weighted by atomic mass is 10.1. The first-order valence-corrected chi connectivity index (χ1v) is 4.49. The Kier molecular flexibility index (Phi) is 3.59. The maximum absolute atomic E-state index is 10.4. The highest BCUT2D eigenvalue weighted by molar-refractivity contribution is 5.73. The number of carboxylic acids is 1. The number of carbonyl (C=O) groups is 1. The Morgan fingerprint density at radius 3 is 2.86 bits per heavy atom. The average molecular weight is 194 g/mol. The molecule has 0 bridgehead atoms. The van der Waals surface area contributed by atoms with Crippen LogP contribution in [0.4, 0.5) is 0 Å². The molecule has 0 saturated carbocycles. The Labute approximate surface area is 82.8 Å². The van der Waals surface area contributed by atoms with Crippen LogP contribution >= 0.6 is 0 Å². The van der Waals surface area contributed by atoms with Crippen LogP contribution in [0.25, 0.3) is 0 Å². The third-order valence-electron chi connectivity index (χ3n) is 2.03. The van der Waals surface area contributed by atoms with Gasteiger partial charge in [0.05, 0.1) is 0 Å². The van der Waals surface area contributed by atoms with Gasteiger partial charge in [-0.05, 0) is 31.4 Å². The summed E-state index contributed by atoms with van der Waals surface area (Å²) in [4.78, 5) is 14.5. The number of aryl methyl sites for hydroxylation is 2. The third kappa shape index (κ3) is 3.14. The highest BCUT2D eigenvalue weighted by Gasteiger charge is 2.10. The van der Waals surface area contributed by atoms with E-state index in [2.05, 4.69) is 4.98 Å². The summed E-state index contributed by atoms with van der Waals surface area (Å²) < 4.78 is 0. The molecule has 14 heavy (non-hydrogen) atoms. The van der Waals surface area contributed by atoms with Gasteiger partial charge >= 0.3 is 5.97 Å². The van der Waals surface area contributed by atoms with E-state index in [1.165, 1.54) is 0 Å². The predicted molar refractivity (Wildman–Crippen MR) is 52.9 cm³/mol. The second-order valence-electron chi connectivity index (χ2n) is 3.29. The minimum atomic E-state index is -0.954. The molecule has 1 rings (SSSR count). The Morgan fingerprint density at radius 1 is 1.64 bits per heavy atom. The van der Waals surface area contributed by atoms with E-state index < -0.39 is 12.0 Å². The van der Waals surface area contributed by atoms with Gasteiger partial charge in [-0.25, -0.2) is 0 Å². The molecule has 0 aromatic carbocycles. The molecule has 4 nitrogen and oxygen atoms in total. The van der Waals surface area contributed by atoms with Crippen molar-refractivity contribution in [2.75, 3.05) is 0 Å². The predicted octanol–water partition coefficient (Wildman–Crippen LogP) is 0.735. The first-order valence-electron chi connectivity index (χ1n) is 4.49. The van der Waals surface area contributed by atoms with Crippen molar-refractivity contribution in [2.24, 2.45) is 5.73 Å². The van der Waals surface area contributed by atoms with E-state index in [-0.39, 0.29) is 0 Å². The minimum absolute atomic E-state index is 0.445. The fraction of sp³-hybridized carbons (Fsp3) is 0.400. The summed E-state index contributed by atoms with van der Waals surface area (Å²) in [6.07, 6.45) is 2.85. The van der Waals surface area contributed by atoms with Crippen molar-refractivity contribution < 1.29 is 9.90 Å². The molecule has 0 spiro atoms. The molecule has 0 aliphatic rings. The second kappa shape index (κ2) is 4.72. The zero-order valence-electron chi connectivity index (χ0n) is 8.10. The summed E-state index contributed by atoms with van der Waals surface area (Å²) in [5.41, 5.74) is 7.35. The average Bonchev–Trinajstić information content (AvgIpc) is 2.16. The maximum Gasteiger partial charge on any atom is 0.320 e. The largest absolute Gasteiger partial charge is 0.480 e. The smallest absolute Gasteiger partial charge is 0.320 e. The van der Waals surface area contributed by atoms with E-state index >= 15 is 0 Å². The summed E-state index contributed by atoms with van der Waals surface area (Å²) in [5.74, 6) is -0.954. The van der Waals surface area contributed by atoms with Crippen molar-refractivity contribution in [3.63, 3.8) is 0 Å². The lowest BCUT2D eigenvalue weighted by Crippen LogP contribution is -2.30. The van der Waals surface area contributed by atoms with Gasteiger partial charge < -0.3 is 10.8 Å². The van der Waals surface area contributed by atoms with E-state index in [9.17, 15) is 4.79 Å². The van der Waals surface area contributed by atoms with Gasteiger partial charge in [0.1, 0.15) is 6.04 Å². The van der Waals surface area contributed by atoms with E-state index in [0.29, 0.717) is 12.8 Å². The van der Waals surface area contributed by atoms with Crippen LogP contribution in [0.1, 0.15) is 17.7 Å². The molecular weight excluding hydrogens is 180 g/mol.